The van der Waals surface area contributed by atoms with Crippen LogP contribution < -0.4 is 10.1 Å². The second-order valence-corrected chi connectivity index (χ2v) is 8.30. The van der Waals surface area contributed by atoms with Crippen molar-refractivity contribution in [3.05, 3.63) is 29.3 Å². The number of nitrogens with zero attached hydrogens (tertiary/aromatic N) is 3. The molecule has 0 unspecified atom stereocenters. The first-order chi connectivity index (χ1) is 13.9. The standard InChI is InChI=1S/C22H34N4O3/c1-16(2)24-9-11-25(12-10-24)21(27)14-19-22(28)23-7-8-26(19)15-18-5-6-20(29-4)17(3)13-18/h5-6,13,16,19H,7-12,14-15H2,1-4H3,(H,23,28)/t19-/m1/s1. The summed E-state index contributed by atoms with van der Waals surface area (Å²) in [6.07, 6.45) is 0.239. The van der Waals surface area contributed by atoms with Gasteiger partial charge >= 0.3 is 0 Å². The Morgan fingerprint density at radius 3 is 2.55 bits per heavy atom. The van der Waals surface area contributed by atoms with Crippen LogP contribution in [-0.2, 0) is 16.1 Å². The molecule has 0 aromatic heterocycles. The first kappa shape index (κ1) is 21.6. The molecule has 2 heterocycles. The summed E-state index contributed by atoms with van der Waals surface area (Å²) in [5.41, 5.74) is 2.20. The number of nitrogens with one attached hydrogen (secondary N) is 1. The number of aryl methyl sites for hydroxylation is 1. The summed E-state index contributed by atoms with van der Waals surface area (Å²) in [7, 11) is 1.67. The van der Waals surface area contributed by atoms with Gasteiger partial charge in [-0.3, -0.25) is 19.4 Å². The van der Waals surface area contributed by atoms with Gasteiger partial charge in [0.25, 0.3) is 0 Å². The number of carbonyl (C=O) groups is 2. The van der Waals surface area contributed by atoms with Crippen LogP contribution >= 0.6 is 0 Å². The van der Waals surface area contributed by atoms with Crippen molar-refractivity contribution in [2.45, 2.75) is 45.8 Å². The van der Waals surface area contributed by atoms with Gasteiger partial charge in [0, 0.05) is 51.9 Å². The molecule has 2 aliphatic rings. The molecule has 0 radical (unpaired) electrons. The molecule has 2 aliphatic heterocycles. The number of methoxy groups -OCH3 is 1. The molecule has 29 heavy (non-hydrogen) atoms. The lowest BCUT2D eigenvalue weighted by Crippen LogP contribution is -2.57. The Bertz CT molecular complexity index is 729. The first-order valence-corrected chi connectivity index (χ1v) is 10.6. The molecule has 1 aromatic rings. The Hall–Kier alpha value is -2.12. The lowest BCUT2D eigenvalue weighted by atomic mass is 10.0. The highest BCUT2D eigenvalue weighted by Gasteiger charge is 2.33. The molecule has 1 aromatic carbocycles. The van der Waals surface area contributed by atoms with E-state index in [4.69, 9.17) is 4.74 Å². The van der Waals surface area contributed by atoms with Crippen LogP contribution in [0.2, 0.25) is 0 Å². The lowest BCUT2D eigenvalue weighted by molar-refractivity contribution is -0.140. The Morgan fingerprint density at radius 2 is 1.93 bits per heavy atom. The number of benzene rings is 1. The van der Waals surface area contributed by atoms with Crippen molar-refractivity contribution in [1.29, 1.82) is 0 Å². The van der Waals surface area contributed by atoms with Crippen molar-refractivity contribution in [2.75, 3.05) is 46.4 Å². The Morgan fingerprint density at radius 1 is 1.21 bits per heavy atom. The van der Waals surface area contributed by atoms with E-state index in [1.807, 2.05) is 24.0 Å². The van der Waals surface area contributed by atoms with Crippen LogP contribution in [0.25, 0.3) is 0 Å². The zero-order valence-electron chi connectivity index (χ0n) is 18.1. The summed E-state index contributed by atoms with van der Waals surface area (Å²) < 4.78 is 5.34. The third-order valence-corrected chi connectivity index (χ3v) is 6.05. The number of ether oxygens (including phenoxy) is 1. The molecule has 2 fully saturated rings. The molecule has 0 saturated carbocycles. The zero-order chi connectivity index (χ0) is 21.0. The lowest BCUT2D eigenvalue weighted by Gasteiger charge is -2.39. The fourth-order valence-electron chi connectivity index (χ4n) is 4.23. The van der Waals surface area contributed by atoms with E-state index in [1.54, 1.807) is 7.11 Å². The van der Waals surface area contributed by atoms with Crippen LogP contribution in [0.15, 0.2) is 18.2 Å². The molecule has 7 nitrogen and oxygen atoms in total. The number of hydrogen-bond donors (Lipinski definition) is 1. The van der Waals surface area contributed by atoms with Crippen molar-refractivity contribution < 1.29 is 14.3 Å². The van der Waals surface area contributed by atoms with E-state index in [0.717, 1.165) is 49.6 Å². The summed E-state index contributed by atoms with van der Waals surface area (Å²) >= 11 is 0. The van der Waals surface area contributed by atoms with Crippen molar-refractivity contribution in [3.63, 3.8) is 0 Å². The van der Waals surface area contributed by atoms with Gasteiger partial charge in [-0.05, 0) is 38.0 Å². The maximum atomic E-state index is 12.9. The first-order valence-electron chi connectivity index (χ1n) is 10.6. The van der Waals surface area contributed by atoms with Gasteiger partial charge in [-0.1, -0.05) is 12.1 Å². The zero-order valence-corrected chi connectivity index (χ0v) is 18.1. The Kier molecular flexibility index (Phi) is 7.14. The van der Waals surface area contributed by atoms with Crippen LogP contribution in [0.3, 0.4) is 0 Å². The van der Waals surface area contributed by atoms with Crippen LogP contribution in [0.5, 0.6) is 5.75 Å². The van der Waals surface area contributed by atoms with Crippen LogP contribution in [0.1, 0.15) is 31.4 Å². The van der Waals surface area contributed by atoms with Gasteiger partial charge in [-0.2, -0.15) is 0 Å². The molecule has 0 spiro atoms. The van der Waals surface area contributed by atoms with E-state index in [1.165, 1.54) is 0 Å². The molecule has 7 heteroatoms. The maximum absolute atomic E-state index is 12.9. The van der Waals surface area contributed by atoms with Gasteiger partial charge in [0.15, 0.2) is 0 Å². The third kappa shape index (κ3) is 5.28. The van der Waals surface area contributed by atoms with Crippen molar-refractivity contribution in [1.82, 2.24) is 20.0 Å². The Balaban J connectivity index is 1.63. The predicted octanol–water partition coefficient (Wildman–Crippen LogP) is 1.25. The number of piperazine rings is 2. The van der Waals surface area contributed by atoms with Crippen LogP contribution in [0, 0.1) is 6.92 Å². The van der Waals surface area contributed by atoms with Crippen molar-refractivity contribution in [3.8, 4) is 5.75 Å². The summed E-state index contributed by atoms with van der Waals surface area (Å²) in [5, 5.41) is 2.93. The largest absolute Gasteiger partial charge is 0.496 e. The van der Waals surface area contributed by atoms with Gasteiger partial charge in [0.1, 0.15) is 5.75 Å². The molecular formula is C22H34N4O3. The normalized spacial score (nSPS) is 21.3. The summed E-state index contributed by atoms with van der Waals surface area (Å²) in [6, 6.07) is 6.17. The molecule has 160 valence electrons. The van der Waals surface area contributed by atoms with E-state index < -0.39 is 6.04 Å². The average molecular weight is 403 g/mol. The highest BCUT2D eigenvalue weighted by atomic mass is 16.5. The summed E-state index contributed by atoms with van der Waals surface area (Å²) in [4.78, 5) is 31.9. The molecule has 0 bridgehead atoms. The average Bonchev–Trinajstić information content (AvgIpc) is 2.70. The molecule has 1 N–H and O–H groups in total. The van der Waals surface area contributed by atoms with E-state index >= 15 is 0 Å². The molecule has 0 aliphatic carbocycles. The minimum Gasteiger partial charge on any atom is -0.496 e. The number of rotatable bonds is 6. The summed E-state index contributed by atoms with van der Waals surface area (Å²) in [5.74, 6) is 0.888. The fraction of sp³-hybridized carbons (Fsp3) is 0.636. The van der Waals surface area contributed by atoms with Gasteiger partial charge < -0.3 is 15.0 Å². The third-order valence-electron chi connectivity index (χ3n) is 6.05. The van der Waals surface area contributed by atoms with Gasteiger partial charge in [-0.25, -0.2) is 0 Å². The molecular weight excluding hydrogens is 368 g/mol. The maximum Gasteiger partial charge on any atom is 0.237 e. The van der Waals surface area contributed by atoms with E-state index in [2.05, 4.69) is 35.0 Å². The van der Waals surface area contributed by atoms with Gasteiger partial charge in [0.2, 0.25) is 11.8 Å². The number of carbonyl (C=O) groups excluding carboxylic acids is 2. The Labute approximate surface area is 174 Å². The van der Waals surface area contributed by atoms with Crippen LogP contribution in [0.4, 0.5) is 0 Å². The highest BCUT2D eigenvalue weighted by Crippen LogP contribution is 2.21. The molecule has 2 amide bonds. The fourth-order valence-corrected chi connectivity index (χ4v) is 4.23. The summed E-state index contributed by atoms with van der Waals surface area (Å²) in [6.45, 7) is 11.7. The number of hydrogen-bond acceptors (Lipinski definition) is 5. The van der Waals surface area contributed by atoms with Crippen molar-refractivity contribution >= 4 is 11.8 Å². The minimum atomic E-state index is -0.415. The SMILES string of the molecule is COc1ccc(CN2CCNC(=O)[C@H]2CC(=O)N2CCN(C(C)C)CC2)cc1C. The van der Waals surface area contributed by atoms with E-state index in [9.17, 15) is 9.59 Å². The minimum absolute atomic E-state index is 0.0457. The number of amides is 2. The second-order valence-electron chi connectivity index (χ2n) is 8.30. The topological polar surface area (TPSA) is 65.1 Å². The monoisotopic (exact) mass is 402 g/mol. The van der Waals surface area contributed by atoms with E-state index in [0.29, 0.717) is 19.1 Å². The molecule has 2 saturated heterocycles. The quantitative estimate of drug-likeness (QED) is 0.776. The highest BCUT2D eigenvalue weighted by molar-refractivity contribution is 5.88. The molecule has 1 atom stereocenters. The van der Waals surface area contributed by atoms with Gasteiger partial charge in [-0.15, -0.1) is 0 Å². The van der Waals surface area contributed by atoms with Crippen LogP contribution in [-0.4, -0.2) is 85.0 Å². The van der Waals surface area contributed by atoms with E-state index in [-0.39, 0.29) is 18.2 Å². The molecule has 3 rings (SSSR count). The van der Waals surface area contributed by atoms with Crippen molar-refractivity contribution in [2.24, 2.45) is 0 Å². The van der Waals surface area contributed by atoms with Gasteiger partial charge in [0.05, 0.1) is 19.6 Å². The second kappa shape index (κ2) is 9.59. The predicted molar refractivity (Wildman–Crippen MR) is 113 cm³/mol. The smallest absolute Gasteiger partial charge is 0.237 e.